The van der Waals surface area contributed by atoms with Crippen LogP contribution in [0.4, 0.5) is 0 Å². The van der Waals surface area contributed by atoms with Gasteiger partial charge in [0.05, 0.1) is 11.1 Å². The summed E-state index contributed by atoms with van der Waals surface area (Å²) in [5, 5.41) is 16.9. The highest BCUT2D eigenvalue weighted by molar-refractivity contribution is 7.80. The SMILES string of the molecule is O=C(O)c1ccc(C(=O)O)cc1.Sc1ccccc1.Sc1ccccc1. The molecule has 134 valence electrons. The molecule has 26 heavy (non-hydrogen) atoms. The summed E-state index contributed by atoms with van der Waals surface area (Å²) < 4.78 is 0. The third kappa shape index (κ3) is 8.96. The molecule has 0 spiro atoms. The molecule has 0 aliphatic rings. The highest BCUT2D eigenvalue weighted by Gasteiger charge is 2.04. The Hall–Kier alpha value is -2.70. The normalized spacial score (nSPS) is 9.00. The number of aromatic carboxylic acids is 2. The van der Waals surface area contributed by atoms with Gasteiger partial charge in [0.1, 0.15) is 0 Å². The maximum absolute atomic E-state index is 10.3. The van der Waals surface area contributed by atoms with Crippen molar-refractivity contribution in [2.24, 2.45) is 0 Å². The van der Waals surface area contributed by atoms with E-state index in [1.54, 1.807) is 0 Å². The molecule has 0 saturated heterocycles. The Morgan fingerprint density at radius 3 is 0.962 bits per heavy atom. The van der Waals surface area contributed by atoms with E-state index in [1.165, 1.54) is 24.3 Å². The Morgan fingerprint density at radius 1 is 0.538 bits per heavy atom. The molecular weight excluding hydrogens is 368 g/mol. The molecule has 3 aromatic carbocycles. The predicted molar refractivity (Wildman–Crippen MR) is 108 cm³/mol. The summed E-state index contributed by atoms with van der Waals surface area (Å²) in [6.45, 7) is 0. The van der Waals surface area contributed by atoms with Crippen LogP contribution in [0.5, 0.6) is 0 Å². The van der Waals surface area contributed by atoms with Crippen molar-refractivity contribution in [2.45, 2.75) is 9.79 Å². The molecule has 0 aromatic heterocycles. The monoisotopic (exact) mass is 386 g/mol. The Morgan fingerprint density at radius 2 is 0.808 bits per heavy atom. The van der Waals surface area contributed by atoms with E-state index in [9.17, 15) is 9.59 Å². The molecule has 0 bridgehead atoms. The minimum atomic E-state index is -1.06. The standard InChI is InChI=1S/C8H6O4.2C6H6S/c9-7(10)5-1-2-6(4-3-5)8(11)12;2*7-6-4-2-1-3-5-6/h1-4H,(H,9,10)(H,11,12);2*1-5,7H. The number of rotatable bonds is 2. The molecule has 3 aromatic rings. The van der Waals surface area contributed by atoms with Crippen molar-refractivity contribution in [1.29, 1.82) is 0 Å². The van der Waals surface area contributed by atoms with Gasteiger partial charge in [-0.1, -0.05) is 36.4 Å². The summed E-state index contributed by atoms with van der Waals surface area (Å²) in [6.07, 6.45) is 0. The molecule has 6 heteroatoms. The van der Waals surface area contributed by atoms with Gasteiger partial charge >= 0.3 is 11.9 Å². The summed E-state index contributed by atoms with van der Waals surface area (Å²) in [7, 11) is 0. The van der Waals surface area contributed by atoms with E-state index < -0.39 is 11.9 Å². The van der Waals surface area contributed by atoms with Gasteiger partial charge in [-0.15, -0.1) is 25.3 Å². The van der Waals surface area contributed by atoms with Gasteiger partial charge < -0.3 is 10.2 Å². The summed E-state index contributed by atoms with van der Waals surface area (Å²) in [4.78, 5) is 22.7. The fourth-order valence-electron chi connectivity index (χ4n) is 1.61. The van der Waals surface area contributed by atoms with Crippen LogP contribution in [0.1, 0.15) is 20.7 Å². The zero-order valence-electron chi connectivity index (χ0n) is 13.7. The minimum Gasteiger partial charge on any atom is -0.478 e. The molecule has 0 aliphatic heterocycles. The maximum Gasteiger partial charge on any atom is 0.335 e. The topological polar surface area (TPSA) is 74.6 Å². The van der Waals surface area contributed by atoms with Crippen molar-refractivity contribution >= 4 is 37.2 Å². The van der Waals surface area contributed by atoms with Crippen LogP contribution in [0.3, 0.4) is 0 Å². The highest BCUT2D eigenvalue weighted by atomic mass is 32.1. The van der Waals surface area contributed by atoms with Gasteiger partial charge in [-0.2, -0.15) is 0 Å². The number of benzene rings is 3. The van der Waals surface area contributed by atoms with Crippen LogP contribution in [0.15, 0.2) is 94.7 Å². The van der Waals surface area contributed by atoms with Crippen LogP contribution >= 0.6 is 25.3 Å². The van der Waals surface area contributed by atoms with Crippen LogP contribution < -0.4 is 0 Å². The molecule has 0 atom stereocenters. The van der Waals surface area contributed by atoms with Crippen LogP contribution in [-0.2, 0) is 0 Å². The van der Waals surface area contributed by atoms with Gasteiger partial charge in [0.2, 0.25) is 0 Å². The van der Waals surface area contributed by atoms with Crippen molar-refractivity contribution in [2.75, 3.05) is 0 Å². The molecule has 4 nitrogen and oxygen atoms in total. The molecule has 2 N–H and O–H groups in total. The third-order valence-corrected chi connectivity index (χ3v) is 3.49. The van der Waals surface area contributed by atoms with Crippen molar-refractivity contribution in [3.63, 3.8) is 0 Å². The van der Waals surface area contributed by atoms with Gasteiger partial charge in [0, 0.05) is 9.79 Å². The smallest absolute Gasteiger partial charge is 0.335 e. The number of carboxylic acids is 2. The molecule has 0 amide bonds. The zero-order chi connectivity index (χ0) is 19.4. The van der Waals surface area contributed by atoms with E-state index in [4.69, 9.17) is 10.2 Å². The second-order valence-electron chi connectivity index (χ2n) is 4.86. The minimum absolute atomic E-state index is 0.0833. The van der Waals surface area contributed by atoms with Gasteiger partial charge in [-0.05, 0) is 48.5 Å². The summed E-state index contributed by atoms with van der Waals surface area (Å²) >= 11 is 8.17. The lowest BCUT2D eigenvalue weighted by molar-refractivity contribution is 0.0681. The zero-order valence-corrected chi connectivity index (χ0v) is 15.5. The van der Waals surface area contributed by atoms with Crippen molar-refractivity contribution in [3.8, 4) is 0 Å². The predicted octanol–water partition coefficient (Wildman–Crippen LogP) is 5.03. The number of carbonyl (C=O) groups is 2. The molecule has 0 heterocycles. The lowest BCUT2D eigenvalue weighted by Crippen LogP contribution is -1.99. The summed E-state index contributed by atoms with van der Waals surface area (Å²) in [6, 6.07) is 24.6. The van der Waals surface area contributed by atoms with E-state index in [0.717, 1.165) is 9.79 Å². The number of hydrogen-bond donors (Lipinski definition) is 4. The van der Waals surface area contributed by atoms with E-state index >= 15 is 0 Å². The van der Waals surface area contributed by atoms with E-state index in [0.29, 0.717) is 0 Å². The van der Waals surface area contributed by atoms with Crippen molar-refractivity contribution < 1.29 is 19.8 Å². The van der Waals surface area contributed by atoms with Crippen molar-refractivity contribution in [3.05, 3.63) is 96.1 Å². The summed E-state index contributed by atoms with van der Waals surface area (Å²) in [5.41, 5.74) is 0.167. The number of thiol groups is 2. The van der Waals surface area contributed by atoms with Crippen LogP contribution in [0, 0.1) is 0 Å². The van der Waals surface area contributed by atoms with Crippen LogP contribution in [0.2, 0.25) is 0 Å². The molecule has 0 fully saturated rings. The van der Waals surface area contributed by atoms with Gasteiger partial charge in [0.15, 0.2) is 0 Å². The maximum atomic E-state index is 10.3. The van der Waals surface area contributed by atoms with E-state index in [1.807, 2.05) is 60.7 Å². The first-order valence-electron chi connectivity index (χ1n) is 7.45. The fraction of sp³-hybridized carbons (Fsp3) is 0. The van der Waals surface area contributed by atoms with Crippen LogP contribution in [-0.4, -0.2) is 22.2 Å². The van der Waals surface area contributed by atoms with Gasteiger partial charge in [0.25, 0.3) is 0 Å². The Bertz CT molecular complexity index is 734. The molecule has 0 aliphatic carbocycles. The summed E-state index contributed by atoms with van der Waals surface area (Å²) in [5.74, 6) is -2.13. The average molecular weight is 386 g/mol. The first-order valence-corrected chi connectivity index (χ1v) is 8.34. The highest BCUT2D eigenvalue weighted by Crippen LogP contribution is 2.04. The number of hydrogen-bond acceptors (Lipinski definition) is 4. The van der Waals surface area contributed by atoms with Gasteiger partial charge in [-0.3, -0.25) is 0 Å². The lowest BCUT2D eigenvalue weighted by atomic mass is 10.1. The molecule has 0 unspecified atom stereocenters. The Kier molecular flexibility index (Phi) is 9.67. The second kappa shape index (κ2) is 11.8. The fourth-order valence-corrected chi connectivity index (χ4v) is 1.96. The molecule has 3 rings (SSSR count). The quantitative estimate of drug-likeness (QED) is 0.466. The van der Waals surface area contributed by atoms with Crippen LogP contribution in [0.25, 0.3) is 0 Å². The van der Waals surface area contributed by atoms with E-state index in [2.05, 4.69) is 25.3 Å². The number of carboxylic acid groups (broad SMARTS) is 2. The van der Waals surface area contributed by atoms with Crippen molar-refractivity contribution in [1.82, 2.24) is 0 Å². The Labute approximate surface area is 163 Å². The van der Waals surface area contributed by atoms with Gasteiger partial charge in [-0.25, -0.2) is 9.59 Å². The average Bonchev–Trinajstić information content (AvgIpc) is 2.64. The Balaban J connectivity index is 0.000000207. The third-order valence-electron chi connectivity index (χ3n) is 2.89. The first kappa shape index (κ1) is 21.3. The van der Waals surface area contributed by atoms with E-state index in [-0.39, 0.29) is 11.1 Å². The molecule has 0 radical (unpaired) electrons. The second-order valence-corrected chi connectivity index (χ2v) is 5.89. The first-order chi connectivity index (χ1) is 12.4. The lowest BCUT2D eigenvalue weighted by Gasteiger charge is -1.94. The molecular formula is C20H18O4S2. The largest absolute Gasteiger partial charge is 0.478 e. The molecule has 0 saturated carbocycles.